The lowest BCUT2D eigenvalue weighted by Gasteiger charge is -2.33. The van der Waals surface area contributed by atoms with Crippen molar-refractivity contribution < 1.29 is 4.42 Å². The summed E-state index contributed by atoms with van der Waals surface area (Å²) in [5, 5.41) is 12.1. The minimum Gasteiger partial charge on any atom is -0.456 e. The Kier molecular flexibility index (Phi) is 7.79. The van der Waals surface area contributed by atoms with Crippen molar-refractivity contribution in [1.29, 1.82) is 0 Å². The molecule has 55 heavy (non-hydrogen) atoms. The van der Waals surface area contributed by atoms with Crippen LogP contribution in [-0.2, 0) is 5.41 Å². The van der Waals surface area contributed by atoms with Crippen LogP contribution in [0.3, 0.4) is 0 Å². The molecule has 0 fully saturated rings. The molecule has 2 heterocycles. The van der Waals surface area contributed by atoms with Crippen molar-refractivity contribution in [3.05, 3.63) is 179 Å². The van der Waals surface area contributed by atoms with Crippen molar-refractivity contribution in [3.8, 4) is 22.3 Å². The third kappa shape index (κ3) is 5.39. The topological polar surface area (TPSA) is 40.4 Å². The molecule has 0 radical (unpaired) electrons. The summed E-state index contributed by atoms with van der Waals surface area (Å²) >= 11 is 0. The summed E-state index contributed by atoms with van der Waals surface area (Å²) in [6.07, 6.45) is 4.52. The van der Waals surface area contributed by atoms with E-state index in [0.29, 0.717) is 0 Å². The number of furan rings is 1. The Labute approximate surface area is 322 Å². The number of benzene rings is 7. The molecule has 11 rings (SSSR count). The number of nitrogens with one attached hydrogen (secondary N) is 2. The molecule has 8 aromatic rings. The first-order valence-corrected chi connectivity index (χ1v) is 19.2. The lowest BCUT2D eigenvalue weighted by atomic mass is 9.80. The monoisotopic (exact) mass is 713 g/mol. The third-order valence-electron chi connectivity index (χ3n) is 11.8. The highest BCUT2D eigenvalue weighted by molar-refractivity contribution is 6.19. The minimum atomic E-state index is 0.0177. The molecule has 2 aliphatic carbocycles. The van der Waals surface area contributed by atoms with Gasteiger partial charge in [0.25, 0.3) is 0 Å². The molecule has 1 aromatic heterocycles. The summed E-state index contributed by atoms with van der Waals surface area (Å²) in [5.74, 6) is 0. The molecule has 3 aliphatic rings. The van der Waals surface area contributed by atoms with Crippen molar-refractivity contribution in [1.82, 2.24) is 10.6 Å². The van der Waals surface area contributed by atoms with Crippen molar-refractivity contribution >= 4 is 55.7 Å². The second-order valence-electron chi connectivity index (χ2n) is 15.6. The van der Waals surface area contributed by atoms with Crippen molar-refractivity contribution in [2.24, 2.45) is 0 Å². The summed E-state index contributed by atoms with van der Waals surface area (Å²) in [6.45, 7) is 5.46. The van der Waals surface area contributed by atoms with Gasteiger partial charge in [-0.3, -0.25) is 5.32 Å². The predicted molar refractivity (Wildman–Crippen MR) is 232 cm³/mol. The first-order valence-electron chi connectivity index (χ1n) is 19.2. The van der Waals surface area contributed by atoms with Gasteiger partial charge < -0.3 is 14.6 Å². The number of anilines is 1. The maximum atomic E-state index is 6.02. The third-order valence-corrected chi connectivity index (χ3v) is 11.8. The number of fused-ring (bicyclic) bond motifs is 11. The normalized spacial score (nSPS) is 16.2. The van der Waals surface area contributed by atoms with E-state index in [2.05, 4.69) is 189 Å². The zero-order valence-electron chi connectivity index (χ0n) is 31.7. The molecule has 0 saturated carbocycles. The van der Waals surface area contributed by atoms with E-state index in [1.165, 1.54) is 88.6 Å². The summed E-state index contributed by atoms with van der Waals surface area (Å²) in [6, 6.07) is 52.5. The Balaban J connectivity index is 0.000000136. The largest absolute Gasteiger partial charge is 0.456 e. The smallest absolute Gasteiger partial charge is 0.136 e. The van der Waals surface area contributed by atoms with Gasteiger partial charge in [-0.1, -0.05) is 141 Å². The van der Waals surface area contributed by atoms with Gasteiger partial charge >= 0.3 is 0 Å². The van der Waals surface area contributed by atoms with E-state index >= 15 is 0 Å². The molecule has 0 amide bonds. The van der Waals surface area contributed by atoms with Gasteiger partial charge in [0.1, 0.15) is 11.2 Å². The molecule has 268 valence electrons. The molecular weight excluding hydrogens is 671 g/mol. The highest BCUT2D eigenvalue weighted by Crippen LogP contribution is 2.49. The predicted octanol–water partition coefficient (Wildman–Crippen LogP) is 11.9. The fraction of sp³-hybridized carbons (Fsp3) is 0.137. The lowest BCUT2D eigenvalue weighted by Crippen LogP contribution is -2.43. The first kappa shape index (κ1) is 33.2. The molecular formula is C51H43N3O. The van der Waals surface area contributed by atoms with Crippen LogP contribution >= 0.6 is 0 Å². The number of nitrogens with zero attached hydrogens (tertiary/aromatic N) is 1. The Hall–Kier alpha value is -6.36. The zero-order chi connectivity index (χ0) is 37.3. The fourth-order valence-electron chi connectivity index (χ4n) is 9.10. The molecule has 0 bridgehead atoms. The van der Waals surface area contributed by atoms with E-state index in [4.69, 9.17) is 4.42 Å². The van der Waals surface area contributed by atoms with Crippen LogP contribution in [0.4, 0.5) is 5.69 Å². The molecule has 2 N–H and O–H groups in total. The van der Waals surface area contributed by atoms with Crippen LogP contribution in [0.2, 0.25) is 0 Å². The van der Waals surface area contributed by atoms with Gasteiger partial charge in [-0.15, -0.1) is 0 Å². The summed E-state index contributed by atoms with van der Waals surface area (Å²) in [7, 11) is 4.17. The standard InChI is InChI=1S/C27H24N2.C24H19NO/c1-27(2)22-10-6-5-9-20(22)21-13-11-18(15-23(21)27)26-25-19-8-4-3-7-17(19)12-14-24(25)28-16-29-26;1-25(2)21-9-5-3-7-18(21)16-11-13-19-17(15-16)12-14-23-24(19)20-8-4-6-10-22(20)26-23/h3-15,24,28-29H,16H2,1-2H3;3-15H,1-2H3. The summed E-state index contributed by atoms with van der Waals surface area (Å²) in [5.41, 5.74) is 17.7. The first-order chi connectivity index (χ1) is 26.9. The molecule has 1 atom stereocenters. The number of hydrogen-bond donors (Lipinski definition) is 2. The molecule has 0 spiro atoms. The Bertz CT molecular complexity index is 2870. The maximum Gasteiger partial charge on any atom is 0.136 e. The maximum absolute atomic E-state index is 6.02. The van der Waals surface area contributed by atoms with E-state index in [1.807, 2.05) is 12.1 Å². The number of para-hydroxylation sites is 2. The lowest BCUT2D eigenvalue weighted by molar-refractivity contribution is 0.628. The number of rotatable bonds is 3. The van der Waals surface area contributed by atoms with Crippen LogP contribution in [0.1, 0.15) is 41.7 Å². The minimum absolute atomic E-state index is 0.0177. The van der Waals surface area contributed by atoms with Gasteiger partial charge in [0.2, 0.25) is 0 Å². The average molecular weight is 714 g/mol. The van der Waals surface area contributed by atoms with Gasteiger partial charge in [-0.25, -0.2) is 0 Å². The molecule has 4 heteroatoms. The van der Waals surface area contributed by atoms with Crippen LogP contribution in [0.15, 0.2) is 156 Å². The van der Waals surface area contributed by atoms with Gasteiger partial charge in [-0.05, 0) is 85.6 Å². The van der Waals surface area contributed by atoms with Crippen LogP contribution in [-0.4, -0.2) is 26.8 Å². The van der Waals surface area contributed by atoms with Crippen molar-refractivity contribution in [3.63, 3.8) is 0 Å². The zero-order valence-corrected chi connectivity index (χ0v) is 31.7. The second-order valence-corrected chi connectivity index (χ2v) is 15.6. The van der Waals surface area contributed by atoms with E-state index in [-0.39, 0.29) is 11.5 Å². The van der Waals surface area contributed by atoms with E-state index in [0.717, 1.165) is 17.8 Å². The molecule has 4 nitrogen and oxygen atoms in total. The molecule has 1 unspecified atom stereocenters. The van der Waals surface area contributed by atoms with E-state index < -0.39 is 0 Å². The van der Waals surface area contributed by atoms with Crippen LogP contribution < -0.4 is 15.5 Å². The van der Waals surface area contributed by atoms with Crippen molar-refractivity contribution in [2.45, 2.75) is 25.3 Å². The van der Waals surface area contributed by atoms with Gasteiger partial charge in [0.05, 0.1) is 12.7 Å². The molecule has 1 aliphatic heterocycles. The SMILES string of the molecule is CC1(C)c2ccccc2-c2ccc(C3=C4c5ccccc5C=CC4NCN3)cc21.CN(C)c1ccccc1-c1ccc2c(ccc3oc4ccccc4c32)c1. The van der Waals surface area contributed by atoms with E-state index in [1.54, 1.807) is 0 Å². The highest BCUT2D eigenvalue weighted by atomic mass is 16.3. The van der Waals surface area contributed by atoms with Crippen LogP contribution in [0.25, 0.3) is 72.3 Å². The Morgan fingerprint density at radius 3 is 2.22 bits per heavy atom. The summed E-state index contributed by atoms with van der Waals surface area (Å²) in [4.78, 5) is 2.16. The summed E-state index contributed by atoms with van der Waals surface area (Å²) < 4.78 is 6.02. The average Bonchev–Trinajstić information content (AvgIpc) is 3.72. The van der Waals surface area contributed by atoms with Crippen LogP contribution in [0, 0.1) is 0 Å². The van der Waals surface area contributed by atoms with Crippen molar-refractivity contribution in [2.75, 3.05) is 25.7 Å². The molecule has 7 aromatic carbocycles. The van der Waals surface area contributed by atoms with Gasteiger partial charge in [0, 0.05) is 52.8 Å². The fourth-order valence-corrected chi connectivity index (χ4v) is 9.10. The van der Waals surface area contributed by atoms with E-state index in [9.17, 15) is 0 Å². The van der Waals surface area contributed by atoms with Gasteiger partial charge in [-0.2, -0.15) is 0 Å². The van der Waals surface area contributed by atoms with Gasteiger partial charge in [0.15, 0.2) is 0 Å². The Morgan fingerprint density at radius 2 is 1.35 bits per heavy atom. The highest BCUT2D eigenvalue weighted by Gasteiger charge is 2.36. The van der Waals surface area contributed by atoms with Crippen LogP contribution in [0.5, 0.6) is 0 Å². The number of hydrogen-bond acceptors (Lipinski definition) is 4. The Morgan fingerprint density at radius 1 is 0.618 bits per heavy atom. The second kappa shape index (κ2) is 12.9. The quantitative estimate of drug-likeness (QED) is 0.191. The molecule has 0 saturated heterocycles.